The molecule has 0 aromatic heterocycles. The molecule has 3 nitrogen and oxygen atoms in total. The van der Waals surface area contributed by atoms with Gasteiger partial charge in [0.15, 0.2) is 0 Å². The van der Waals surface area contributed by atoms with Crippen LogP contribution in [0, 0.1) is 0 Å². The highest BCUT2D eigenvalue weighted by Gasteiger charge is 2.11. The van der Waals surface area contributed by atoms with E-state index in [9.17, 15) is 0 Å². The molecule has 1 aromatic rings. The van der Waals surface area contributed by atoms with Gasteiger partial charge in [0.05, 0.1) is 11.1 Å². The first-order valence-corrected chi connectivity index (χ1v) is 7.45. The number of alkyl halides is 1. The number of rotatable bonds is 7. The summed E-state index contributed by atoms with van der Waals surface area (Å²) >= 11 is 3.67. The minimum Gasteiger partial charge on any atom is -0.333 e. The molecule has 0 bridgehead atoms. The van der Waals surface area contributed by atoms with Crippen LogP contribution in [0.25, 0.3) is 0 Å². The molecule has 4 heteroatoms. The van der Waals surface area contributed by atoms with Crippen molar-refractivity contribution in [3.8, 4) is 0 Å². The molecule has 0 aliphatic heterocycles. The van der Waals surface area contributed by atoms with E-state index >= 15 is 0 Å². The Bertz CT molecular complexity index is 280. The predicted molar refractivity (Wildman–Crippen MR) is 83.7 cm³/mol. The number of nitrogens with two attached hydrogens (primary N) is 1. The normalized spacial score (nSPS) is 13.4. The van der Waals surface area contributed by atoms with Crippen LogP contribution in [0.3, 0.4) is 0 Å². The Morgan fingerprint density at radius 2 is 1.78 bits per heavy atom. The third-order valence-corrected chi connectivity index (χ3v) is 3.28. The van der Waals surface area contributed by atoms with Crippen LogP contribution in [0.1, 0.15) is 37.2 Å². The summed E-state index contributed by atoms with van der Waals surface area (Å²) in [6.45, 7) is 5.42. The molecular formula is C14H26BrN3. The van der Waals surface area contributed by atoms with E-state index in [1.165, 1.54) is 12.6 Å². The number of hydrogen-bond acceptors (Lipinski definition) is 3. The maximum atomic E-state index is 4.50. The van der Waals surface area contributed by atoms with Crippen molar-refractivity contribution in [1.82, 2.24) is 10.6 Å². The fourth-order valence-electron chi connectivity index (χ4n) is 1.53. The molecule has 0 aliphatic carbocycles. The molecule has 0 spiro atoms. The second-order valence-corrected chi connectivity index (χ2v) is 4.77. The number of nitrogens with one attached hydrogen (secondary N) is 2. The maximum absolute atomic E-state index is 4.50. The smallest absolute Gasteiger partial charge is 0.0898 e. The molecule has 18 heavy (non-hydrogen) atoms. The predicted octanol–water partition coefficient (Wildman–Crippen LogP) is 2.98. The van der Waals surface area contributed by atoms with Crippen molar-refractivity contribution in [2.24, 2.45) is 5.73 Å². The molecule has 0 saturated carbocycles. The molecular weight excluding hydrogens is 290 g/mol. The molecule has 1 rings (SSSR count). The van der Waals surface area contributed by atoms with E-state index in [4.69, 9.17) is 0 Å². The van der Waals surface area contributed by atoms with E-state index in [2.05, 4.69) is 70.4 Å². The Balaban J connectivity index is 0.00000137. The van der Waals surface area contributed by atoms with Crippen LogP contribution < -0.4 is 16.4 Å². The first-order valence-electron chi connectivity index (χ1n) is 6.54. The van der Waals surface area contributed by atoms with Crippen LogP contribution in [0.15, 0.2) is 30.3 Å². The van der Waals surface area contributed by atoms with E-state index < -0.39 is 0 Å². The molecule has 104 valence electrons. The lowest BCUT2D eigenvalue weighted by Gasteiger charge is -2.22. The van der Waals surface area contributed by atoms with Gasteiger partial charge >= 0.3 is 0 Å². The lowest BCUT2D eigenvalue weighted by Crippen LogP contribution is -2.42. The molecule has 0 fully saturated rings. The van der Waals surface area contributed by atoms with E-state index in [1.807, 2.05) is 6.07 Å². The zero-order valence-corrected chi connectivity index (χ0v) is 13.2. The highest BCUT2D eigenvalue weighted by atomic mass is 79.9. The summed E-state index contributed by atoms with van der Waals surface area (Å²) in [6, 6.07) is 10.4. The summed E-state index contributed by atoms with van der Waals surface area (Å²) in [7, 11) is 1.50. The summed E-state index contributed by atoms with van der Waals surface area (Å²) in [5.74, 6) is 0. The molecule has 2 unspecified atom stereocenters. The van der Waals surface area contributed by atoms with E-state index in [-0.39, 0.29) is 4.95 Å². The fraction of sp³-hybridized carbons (Fsp3) is 0.571. The molecule has 4 N–H and O–H groups in total. The Kier molecular flexibility index (Phi) is 11.4. The molecule has 0 aliphatic rings. The molecule has 0 radical (unpaired) electrons. The quantitative estimate of drug-likeness (QED) is 0.412. The minimum atomic E-state index is 0.211. The van der Waals surface area contributed by atoms with Crippen molar-refractivity contribution in [2.45, 2.75) is 37.8 Å². The first-order chi connectivity index (χ1) is 8.77. The van der Waals surface area contributed by atoms with Crippen molar-refractivity contribution in [1.29, 1.82) is 0 Å². The third kappa shape index (κ3) is 7.11. The van der Waals surface area contributed by atoms with Crippen LogP contribution >= 0.6 is 15.9 Å². The lowest BCUT2D eigenvalue weighted by molar-refractivity contribution is 0.410. The third-order valence-electron chi connectivity index (χ3n) is 2.49. The Morgan fingerprint density at radius 3 is 2.28 bits per heavy atom. The molecule has 0 amide bonds. The van der Waals surface area contributed by atoms with Gasteiger partial charge in [-0.1, -0.05) is 60.1 Å². The van der Waals surface area contributed by atoms with Gasteiger partial charge in [-0.05, 0) is 32.0 Å². The fourth-order valence-corrected chi connectivity index (χ4v) is 2.16. The summed E-state index contributed by atoms with van der Waals surface area (Å²) in [6.07, 6.45) is 2.61. The summed E-state index contributed by atoms with van der Waals surface area (Å²) < 4.78 is 0. The molecule has 0 heterocycles. The molecule has 1 aromatic carbocycles. The van der Waals surface area contributed by atoms with Gasteiger partial charge in [-0.15, -0.1) is 0 Å². The van der Waals surface area contributed by atoms with Crippen LogP contribution in [-0.4, -0.2) is 19.8 Å². The van der Waals surface area contributed by atoms with E-state index in [0.29, 0.717) is 6.17 Å². The minimum absolute atomic E-state index is 0.211. The zero-order chi connectivity index (χ0) is 13.8. The zero-order valence-electron chi connectivity index (χ0n) is 11.6. The van der Waals surface area contributed by atoms with Gasteiger partial charge in [0, 0.05) is 0 Å². The van der Waals surface area contributed by atoms with E-state index in [0.717, 1.165) is 19.4 Å². The van der Waals surface area contributed by atoms with Gasteiger partial charge in [-0.2, -0.15) is 0 Å². The van der Waals surface area contributed by atoms with Crippen molar-refractivity contribution >= 4 is 15.9 Å². The second-order valence-electron chi connectivity index (χ2n) is 3.85. The number of halogens is 1. The van der Waals surface area contributed by atoms with Gasteiger partial charge in [-0.3, -0.25) is 5.32 Å². The Labute approximate surface area is 120 Å². The maximum Gasteiger partial charge on any atom is 0.0898 e. The lowest BCUT2D eigenvalue weighted by atomic mass is 10.2. The largest absolute Gasteiger partial charge is 0.333 e. The van der Waals surface area contributed by atoms with Gasteiger partial charge in [0.2, 0.25) is 0 Å². The summed E-state index contributed by atoms with van der Waals surface area (Å²) in [5, 5.41) is 7.00. The monoisotopic (exact) mass is 315 g/mol. The highest BCUT2D eigenvalue weighted by molar-refractivity contribution is 9.09. The van der Waals surface area contributed by atoms with Crippen molar-refractivity contribution < 1.29 is 0 Å². The SMILES string of the molecule is CCCNC(CC)NC(Br)c1ccccc1.CN. The van der Waals surface area contributed by atoms with Crippen LogP contribution in [-0.2, 0) is 0 Å². The molecule has 2 atom stereocenters. The Morgan fingerprint density at radius 1 is 1.17 bits per heavy atom. The van der Waals surface area contributed by atoms with Crippen LogP contribution in [0.4, 0.5) is 0 Å². The van der Waals surface area contributed by atoms with Gasteiger partial charge in [0.25, 0.3) is 0 Å². The summed E-state index contributed by atoms with van der Waals surface area (Å²) in [5.41, 5.74) is 5.76. The van der Waals surface area contributed by atoms with E-state index in [1.54, 1.807) is 0 Å². The first kappa shape index (κ1) is 17.6. The average Bonchev–Trinajstić information content (AvgIpc) is 2.46. The van der Waals surface area contributed by atoms with Gasteiger partial charge < -0.3 is 11.1 Å². The highest BCUT2D eigenvalue weighted by Crippen LogP contribution is 2.19. The van der Waals surface area contributed by atoms with Gasteiger partial charge in [0.1, 0.15) is 0 Å². The second kappa shape index (κ2) is 11.7. The van der Waals surface area contributed by atoms with Crippen molar-refractivity contribution in [3.63, 3.8) is 0 Å². The van der Waals surface area contributed by atoms with Crippen LogP contribution in [0.2, 0.25) is 0 Å². The van der Waals surface area contributed by atoms with Crippen LogP contribution in [0.5, 0.6) is 0 Å². The Hall–Kier alpha value is -0.420. The number of benzene rings is 1. The van der Waals surface area contributed by atoms with Crippen molar-refractivity contribution in [3.05, 3.63) is 35.9 Å². The summed E-state index contributed by atoms with van der Waals surface area (Å²) in [4.78, 5) is 0.211. The van der Waals surface area contributed by atoms with Gasteiger partial charge in [-0.25, -0.2) is 0 Å². The number of hydrogen-bond donors (Lipinski definition) is 3. The average molecular weight is 316 g/mol. The molecule has 0 saturated heterocycles. The standard InChI is InChI=1S/C13H21BrN2.CH5N/c1-3-10-15-12(4-2)16-13(14)11-8-6-5-7-9-11;1-2/h5-9,12-13,15-16H,3-4,10H2,1-2H3;2H2,1H3. The topological polar surface area (TPSA) is 50.1 Å². The van der Waals surface area contributed by atoms with Crippen molar-refractivity contribution in [2.75, 3.05) is 13.6 Å².